The van der Waals surface area contributed by atoms with Crippen LogP contribution in [0.5, 0.6) is 0 Å². The molecule has 0 aromatic heterocycles. The fourth-order valence-corrected chi connectivity index (χ4v) is 2.85. The molecule has 2 rings (SSSR count). The van der Waals surface area contributed by atoms with Crippen LogP contribution in [-0.4, -0.2) is 109 Å². The molecule has 0 saturated carbocycles. The SMILES string of the molecule is O=C1C(=O)N2[C@H](CO)[C@@H](O)[C@H](O)[C@H](O)[C@H]2N1C(CO)CO. The third-order valence-corrected chi connectivity index (χ3v) is 3.98. The Morgan fingerprint density at radius 1 is 0.905 bits per heavy atom. The molecule has 2 amide bonds. The molecule has 0 unspecified atom stereocenters. The standard InChI is InChI=1S/C11H18N2O8/c14-1-4(2-15)12-9-8(19)7(18)6(17)5(3-16)13(9)11(21)10(12)20/h4-9,14-19H,1-3H2/t5-,6-,7+,8+,9+/m1/s1. The molecule has 0 spiro atoms. The zero-order chi connectivity index (χ0) is 15.9. The lowest BCUT2D eigenvalue weighted by Crippen LogP contribution is -2.69. The molecular formula is C11H18N2O8. The molecule has 120 valence electrons. The maximum atomic E-state index is 12.0. The van der Waals surface area contributed by atoms with E-state index in [-0.39, 0.29) is 0 Å². The van der Waals surface area contributed by atoms with Gasteiger partial charge in [0.25, 0.3) is 0 Å². The topological polar surface area (TPSA) is 162 Å². The number of fused-ring (bicyclic) bond motifs is 1. The highest BCUT2D eigenvalue weighted by Crippen LogP contribution is 2.33. The summed E-state index contributed by atoms with van der Waals surface area (Å²) in [6, 6.07) is -2.42. The van der Waals surface area contributed by atoms with Gasteiger partial charge in [0.2, 0.25) is 0 Å². The first-order valence-electron chi connectivity index (χ1n) is 6.42. The molecule has 10 nitrogen and oxygen atoms in total. The fraction of sp³-hybridized carbons (Fsp3) is 0.818. The minimum absolute atomic E-state index is 0.658. The van der Waals surface area contributed by atoms with Crippen LogP contribution in [0.2, 0.25) is 0 Å². The Kier molecular flexibility index (Phi) is 4.46. The number of carbonyl (C=O) groups excluding carboxylic acids is 2. The van der Waals surface area contributed by atoms with Gasteiger partial charge in [0.1, 0.15) is 24.5 Å². The first kappa shape index (κ1) is 16.1. The molecule has 6 N–H and O–H groups in total. The Morgan fingerprint density at radius 2 is 1.48 bits per heavy atom. The Labute approximate surface area is 119 Å². The Hall–Kier alpha value is -1.30. The normalized spacial score (nSPS) is 36.6. The molecule has 0 aromatic rings. The smallest absolute Gasteiger partial charge is 0.314 e. The Morgan fingerprint density at radius 3 is 1.95 bits per heavy atom. The molecule has 5 atom stereocenters. The summed E-state index contributed by atoms with van der Waals surface area (Å²) in [4.78, 5) is 25.6. The molecule has 0 aromatic carbocycles. The summed E-state index contributed by atoms with van der Waals surface area (Å²) in [5.74, 6) is -2.18. The third-order valence-electron chi connectivity index (χ3n) is 3.98. The molecular weight excluding hydrogens is 288 g/mol. The van der Waals surface area contributed by atoms with Crippen LogP contribution >= 0.6 is 0 Å². The van der Waals surface area contributed by atoms with E-state index in [9.17, 15) is 40.2 Å². The maximum absolute atomic E-state index is 12.0. The van der Waals surface area contributed by atoms with Crippen molar-refractivity contribution in [2.75, 3.05) is 19.8 Å². The van der Waals surface area contributed by atoms with Gasteiger partial charge in [-0.1, -0.05) is 0 Å². The summed E-state index contributed by atoms with van der Waals surface area (Å²) in [5, 5.41) is 57.3. The second-order valence-corrected chi connectivity index (χ2v) is 5.08. The van der Waals surface area contributed by atoms with Crippen molar-refractivity contribution < 1.29 is 40.2 Å². The van der Waals surface area contributed by atoms with E-state index in [1.165, 1.54) is 0 Å². The molecule has 0 bridgehead atoms. The second-order valence-electron chi connectivity index (χ2n) is 5.08. The van der Waals surface area contributed by atoms with Crippen molar-refractivity contribution in [2.24, 2.45) is 0 Å². The van der Waals surface area contributed by atoms with Crippen molar-refractivity contribution in [1.29, 1.82) is 0 Å². The minimum atomic E-state index is -1.70. The van der Waals surface area contributed by atoms with Crippen LogP contribution in [0.3, 0.4) is 0 Å². The summed E-state index contributed by atoms with van der Waals surface area (Å²) < 4.78 is 0. The molecule has 0 aliphatic carbocycles. The van der Waals surface area contributed by atoms with E-state index < -0.39 is 68.2 Å². The molecule has 2 saturated heterocycles. The average Bonchev–Trinajstić information content (AvgIpc) is 2.73. The summed E-state index contributed by atoms with van der Waals surface area (Å²) in [6.45, 7) is -2.04. The summed E-state index contributed by atoms with van der Waals surface area (Å²) in [5.41, 5.74) is 0. The lowest BCUT2D eigenvalue weighted by Gasteiger charge is -2.47. The zero-order valence-electron chi connectivity index (χ0n) is 11.0. The average molecular weight is 306 g/mol. The van der Waals surface area contributed by atoms with Crippen molar-refractivity contribution in [1.82, 2.24) is 9.80 Å². The largest absolute Gasteiger partial charge is 0.394 e. The number of rotatable bonds is 4. The molecule has 2 fully saturated rings. The van der Waals surface area contributed by atoms with E-state index in [1.54, 1.807) is 0 Å². The summed E-state index contributed by atoms with van der Waals surface area (Å²) in [7, 11) is 0. The molecule has 21 heavy (non-hydrogen) atoms. The number of carbonyl (C=O) groups is 2. The molecule has 2 aliphatic heterocycles. The van der Waals surface area contributed by atoms with Crippen LogP contribution in [0.1, 0.15) is 0 Å². The quantitative estimate of drug-likeness (QED) is 0.281. The van der Waals surface area contributed by atoms with Crippen molar-refractivity contribution in [3.63, 3.8) is 0 Å². The molecule has 0 radical (unpaired) electrons. The number of aliphatic hydroxyl groups is 6. The zero-order valence-corrected chi connectivity index (χ0v) is 11.0. The Bertz CT molecular complexity index is 412. The predicted molar refractivity (Wildman–Crippen MR) is 64.3 cm³/mol. The van der Waals surface area contributed by atoms with E-state index in [0.29, 0.717) is 0 Å². The van der Waals surface area contributed by atoms with Crippen molar-refractivity contribution in [3.8, 4) is 0 Å². The Balaban J connectivity index is 2.45. The lowest BCUT2D eigenvalue weighted by molar-refractivity contribution is -0.192. The van der Waals surface area contributed by atoms with E-state index in [4.69, 9.17) is 0 Å². The number of hydrogen-bond donors (Lipinski definition) is 6. The predicted octanol–water partition coefficient (Wildman–Crippen LogP) is -5.21. The maximum Gasteiger partial charge on any atom is 0.314 e. The van der Waals surface area contributed by atoms with Crippen LogP contribution in [0.4, 0.5) is 0 Å². The minimum Gasteiger partial charge on any atom is -0.394 e. The van der Waals surface area contributed by atoms with Crippen LogP contribution in [-0.2, 0) is 9.59 Å². The van der Waals surface area contributed by atoms with Gasteiger partial charge in [-0.3, -0.25) is 9.59 Å². The highest BCUT2D eigenvalue weighted by Gasteiger charge is 2.59. The van der Waals surface area contributed by atoms with Gasteiger partial charge in [-0.05, 0) is 0 Å². The van der Waals surface area contributed by atoms with E-state index >= 15 is 0 Å². The number of aliphatic hydroxyl groups excluding tert-OH is 6. The molecule has 10 heteroatoms. The van der Waals surface area contributed by atoms with Gasteiger partial charge < -0.3 is 40.4 Å². The van der Waals surface area contributed by atoms with E-state index in [0.717, 1.165) is 9.80 Å². The lowest BCUT2D eigenvalue weighted by atomic mass is 9.92. The van der Waals surface area contributed by atoms with Gasteiger partial charge >= 0.3 is 11.8 Å². The van der Waals surface area contributed by atoms with Gasteiger partial charge in [-0.25, -0.2) is 0 Å². The monoisotopic (exact) mass is 306 g/mol. The van der Waals surface area contributed by atoms with Gasteiger partial charge in [0.05, 0.1) is 31.9 Å². The van der Waals surface area contributed by atoms with Crippen LogP contribution in [0.15, 0.2) is 0 Å². The number of nitrogens with zero attached hydrogens (tertiary/aromatic N) is 2. The van der Waals surface area contributed by atoms with E-state index in [2.05, 4.69) is 0 Å². The van der Waals surface area contributed by atoms with Gasteiger partial charge in [-0.15, -0.1) is 0 Å². The fourth-order valence-electron chi connectivity index (χ4n) is 2.85. The highest BCUT2D eigenvalue weighted by molar-refractivity contribution is 6.37. The molecule has 2 aliphatic rings. The van der Waals surface area contributed by atoms with Crippen molar-refractivity contribution in [3.05, 3.63) is 0 Å². The van der Waals surface area contributed by atoms with Crippen LogP contribution in [0.25, 0.3) is 0 Å². The van der Waals surface area contributed by atoms with Crippen molar-refractivity contribution in [2.45, 2.75) is 36.6 Å². The summed E-state index contributed by atoms with van der Waals surface area (Å²) in [6.07, 6.45) is -6.38. The highest BCUT2D eigenvalue weighted by atomic mass is 16.4. The number of amides is 2. The number of piperidine rings is 1. The summed E-state index contributed by atoms with van der Waals surface area (Å²) >= 11 is 0. The van der Waals surface area contributed by atoms with Gasteiger partial charge in [-0.2, -0.15) is 0 Å². The van der Waals surface area contributed by atoms with E-state index in [1.807, 2.05) is 0 Å². The van der Waals surface area contributed by atoms with Crippen LogP contribution < -0.4 is 0 Å². The first-order chi connectivity index (χ1) is 9.90. The van der Waals surface area contributed by atoms with Gasteiger partial charge in [0.15, 0.2) is 0 Å². The number of hydrogen-bond acceptors (Lipinski definition) is 8. The second kappa shape index (κ2) is 5.83. The van der Waals surface area contributed by atoms with Gasteiger partial charge in [0, 0.05) is 0 Å². The molecule has 2 heterocycles. The van der Waals surface area contributed by atoms with Crippen LogP contribution in [0, 0.1) is 0 Å². The van der Waals surface area contributed by atoms with Crippen molar-refractivity contribution >= 4 is 11.8 Å². The first-order valence-corrected chi connectivity index (χ1v) is 6.42. The third kappa shape index (κ3) is 2.20.